The van der Waals surface area contributed by atoms with Crippen molar-refractivity contribution in [3.05, 3.63) is 125 Å². The van der Waals surface area contributed by atoms with Gasteiger partial charge in [-0.3, -0.25) is 0 Å². The van der Waals surface area contributed by atoms with Gasteiger partial charge in [-0.05, 0) is 58.9 Å². The zero-order chi connectivity index (χ0) is 27.6. The van der Waals surface area contributed by atoms with Gasteiger partial charge in [-0.25, -0.2) is 4.79 Å². The van der Waals surface area contributed by atoms with E-state index in [0.717, 1.165) is 17.7 Å². The summed E-state index contributed by atoms with van der Waals surface area (Å²) in [6.45, 7) is 5.33. The predicted molar refractivity (Wildman–Crippen MR) is 159 cm³/mol. The molecule has 0 aliphatic carbocycles. The van der Waals surface area contributed by atoms with Gasteiger partial charge < -0.3 is 19.7 Å². The SMILES string of the molecule is COc1ccc(CN(CCC(c2ccccc2)c2ccccc2)C(=O)Nc2ccc(C(C)C)cc2)cc1OC. The molecular weight excluding hydrogens is 484 g/mol. The number of rotatable bonds is 11. The molecule has 0 aromatic heterocycles. The normalized spacial score (nSPS) is 10.9. The predicted octanol–water partition coefficient (Wildman–Crippen LogP) is 8.08. The van der Waals surface area contributed by atoms with Crippen molar-refractivity contribution in [3.8, 4) is 11.5 Å². The highest BCUT2D eigenvalue weighted by Crippen LogP contribution is 2.30. The largest absolute Gasteiger partial charge is 0.493 e. The fraction of sp³-hybridized carbons (Fsp3) is 0.265. The minimum absolute atomic E-state index is 0.137. The van der Waals surface area contributed by atoms with Gasteiger partial charge in [0.1, 0.15) is 0 Å². The van der Waals surface area contributed by atoms with E-state index in [1.54, 1.807) is 14.2 Å². The van der Waals surface area contributed by atoms with E-state index in [2.05, 4.69) is 79.8 Å². The van der Waals surface area contributed by atoms with Crippen LogP contribution < -0.4 is 14.8 Å². The molecule has 4 aromatic rings. The summed E-state index contributed by atoms with van der Waals surface area (Å²) < 4.78 is 10.9. The van der Waals surface area contributed by atoms with E-state index < -0.39 is 0 Å². The van der Waals surface area contributed by atoms with Crippen molar-refractivity contribution in [2.45, 2.75) is 38.6 Å². The van der Waals surface area contributed by atoms with E-state index in [1.165, 1.54) is 16.7 Å². The molecule has 0 atom stereocenters. The molecular formula is C34H38N2O3. The van der Waals surface area contributed by atoms with E-state index in [4.69, 9.17) is 9.47 Å². The Balaban J connectivity index is 1.59. The Kier molecular flexibility index (Phi) is 9.63. The molecule has 5 heteroatoms. The number of benzene rings is 4. The molecule has 0 spiro atoms. The average molecular weight is 523 g/mol. The summed E-state index contributed by atoms with van der Waals surface area (Å²) in [5.74, 6) is 1.91. The van der Waals surface area contributed by atoms with E-state index in [-0.39, 0.29) is 11.9 Å². The summed E-state index contributed by atoms with van der Waals surface area (Å²) in [6, 6.07) is 34.7. The number of amides is 2. The Hall–Kier alpha value is -4.25. The van der Waals surface area contributed by atoms with Gasteiger partial charge in [0, 0.05) is 24.7 Å². The molecule has 0 aliphatic rings. The highest BCUT2D eigenvalue weighted by Gasteiger charge is 2.20. The molecule has 1 N–H and O–H groups in total. The van der Waals surface area contributed by atoms with Crippen LogP contribution in [0.15, 0.2) is 103 Å². The Labute approximate surface area is 232 Å². The molecule has 0 radical (unpaired) electrons. The maximum absolute atomic E-state index is 13.7. The number of hydrogen-bond donors (Lipinski definition) is 1. The number of methoxy groups -OCH3 is 2. The summed E-state index contributed by atoms with van der Waals surface area (Å²) in [6.07, 6.45) is 0.779. The van der Waals surface area contributed by atoms with Crippen molar-refractivity contribution < 1.29 is 14.3 Å². The molecule has 0 heterocycles. The smallest absolute Gasteiger partial charge is 0.322 e. The van der Waals surface area contributed by atoms with Gasteiger partial charge >= 0.3 is 6.03 Å². The van der Waals surface area contributed by atoms with Crippen molar-refractivity contribution in [1.82, 2.24) is 4.90 Å². The first-order valence-corrected chi connectivity index (χ1v) is 13.4. The van der Waals surface area contributed by atoms with E-state index in [9.17, 15) is 4.79 Å². The number of anilines is 1. The Bertz CT molecular complexity index is 1280. The van der Waals surface area contributed by atoms with Crippen LogP contribution in [0.2, 0.25) is 0 Å². The summed E-state index contributed by atoms with van der Waals surface area (Å²) in [4.78, 5) is 15.5. The second-order valence-electron chi connectivity index (χ2n) is 9.98. The first kappa shape index (κ1) is 27.8. The molecule has 39 heavy (non-hydrogen) atoms. The van der Waals surface area contributed by atoms with Crippen LogP contribution in [0.25, 0.3) is 0 Å². The third kappa shape index (κ3) is 7.41. The van der Waals surface area contributed by atoms with Gasteiger partial charge in [-0.15, -0.1) is 0 Å². The van der Waals surface area contributed by atoms with Gasteiger partial charge in [0.25, 0.3) is 0 Å². The minimum atomic E-state index is -0.137. The number of nitrogens with one attached hydrogen (secondary N) is 1. The van der Waals surface area contributed by atoms with E-state index in [1.807, 2.05) is 47.4 Å². The number of carbonyl (C=O) groups is 1. The van der Waals surface area contributed by atoms with E-state index in [0.29, 0.717) is 30.5 Å². The molecule has 202 valence electrons. The highest BCUT2D eigenvalue weighted by atomic mass is 16.5. The number of nitrogens with zero attached hydrogens (tertiary/aromatic N) is 1. The monoisotopic (exact) mass is 522 g/mol. The minimum Gasteiger partial charge on any atom is -0.493 e. The molecule has 0 aliphatic heterocycles. The zero-order valence-electron chi connectivity index (χ0n) is 23.3. The number of ether oxygens (including phenoxy) is 2. The summed E-state index contributed by atoms with van der Waals surface area (Å²) in [7, 11) is 3.24. The fourth-order valence-electron chi connectivity index (χ4n) is 4.79. The fourth-order valence-corrected chi connectivity index (χ4v) is 4.79. The van der Waals surface area contributed by atoms with Crippen LogP contribution in [0.3, 0.4) is 0 Å². The van der Waals surface area contributed by atoms with Crippen LogP contribution in [0.4, 0.5) is 10.5 Å². The first-order chi connectivity index (χ1) is 19.0. The molecule has 0 bridgehead atoms. The summed E-state index contributed by atoms with van der Waals surface area (Å²) >= 11 is 0. The Morgan fingerprint density at radius 2 is 1.33 bits per heavy atom. The lowest BCUT2D eigenvalue weighted by Gasteiger charge is -2.27. The third-order valence-electron chi connectivity index (χ3n) is 7.03. The van der Waals surface area contributed by atoms with Crippen LogP contribution in [0.1, 0.15) is 54.4 Å². The molecule has 4 aromatic carbocycles. The van der Waals surface area contributed by atoms with E-state index >= 15 is 0 Å². The lowest BCUT2D eigenvalue weighted by Crippen LogP contribution is -2.36. The molecule has 0 fully saturated rings. The second-order valence-corrected chi connectivity index (χ2v) is 9.98. The van der Waals surface area contributed by atoms with Crippen molar-refractivity contribution in [1.29, 1.82) is 0 Å². The topological polar surface area (TPSA) is 50.8 Å². The maximum atomic E-state index is 13.7. The van der Waals surface area contributed by atoms with Gasteiger partial charge in [-0.2, -0.15) is 0 Å². The van der Waals surface area contributed by atoms with Crippen LogP contribution in [-0.2, 0) is 6.54 Å². The number of urea groups is 1. The molecule has 4 rings (SSSR count). The standard InChI is InChI=1S/C34H38N2O3/c1-25(2)27-16-18-30(19-17-27)35-34(37)36(24-26-15-20-32(38-3)33(23-26)39-4)22-21-31(28-11-7-5-8-12-28)29-13-9-6-10-14-29/h5-20,23,25,31H,21-22,24H2,1-4H3,(H,35,37). The van der Waals surface area contributed by atoms with Crippen LogP contribution in [0, 0.1) is 0 Å². The van der Waals surface area contributed by atoms with Crippen molar-refractivity contribution in [3.63, 3.8) is 0 Å². The zero-order valence-corrected chi connectivity index (χ0v) is 23.3. The number of hydrogen-bond acceptors (Lipinski definition) is 3. The van der Waals surface area contributed by atoms with Gasteiger partial charge in [-0.1, -0.05) is 92.7 Å². The first-order valence-electron chi connectivity index (χ1n) is 13.4. The van der Waals surface area contributed by atoms with Crippen molar-refractivity contribution in [2.24, 2.45) is 0 Å². The quantitative estimate of drug-likeness (QED) is 0.217. The molecule has 0 unspecified atom stereocenters. The maximum Gasteiger partial charge on any atom is 0.322 e. The number of carbonyl (C=O) groups excluding carboxylic acids is 1. The lowest BCUT2D eigenvalue weighted by atomic mass is 9.88. The van der Waals surface area contributed by atoms with Crippen molar-refractivity contribution in [2.75, 3.05) is 26.1 Å². The van der Waals surface area contributed by atoms with Crippen LogP contribution in [0.5, 0.6) is 11.5 Å². The van der Waals surface area contributed by atoms with Gasteiger partial charge in [0.15, 0.2) is 11.5 Å². The van der Waals surface area contributed by atoms with Crippen LogP contribution >= 0.6 is 0 Å². The van der Waals surface area contributed by atoms with Gasteiger partial charge in [0.2, 0.25) is 0 Å². The van der Waals surface area contributed by atoms with Crippen LogP contribution in [-0.4, -0.2) is 31.7 Å². The summed E-state index contributed by atoms with van der Waals surface area (Å²) in [5.41, 5.74) is 5.46. The highest BCUT2D eigenvalue weighted by molar-refractivity contribution is 5.89. The molecule has 0 saturated carbocycles. The average Bonchev–Trinajstić information content (AvgIpc) is 2.98. The third-order valence-corrected chi connectivity index (χ3v) is 7.03. The van der Waals surface area contributed by atoms with Crippen molar-refractivity contribution >= 4 is 11.7 Å². The lowest BCUT2D eigenvalue weighted by molar-refractivity contribution is 0.207. The Morgan fingerprint density at radius 1 is 0.744 bits per heavy atom. The second kappa shape index (κ2) is 13.5. The van der Waals surface area contributed by atoms with Gasteiger partial charge in [0.05, 0.1) is 14.2 Å². The Morgan fingerprint density at radius 3 is 1.87 bits per heavy atom. The molecule has 0 saturated heterocycles. The molecule has 5 nitrogen and oxygen atoms in total. The molecule has 2 amide bonds. The summed E-state index contributed by atoms with van der Waals surface area (Å²) in [5, 5.41) is 3.11.